The van der Waals surface area contributed by atoms with E-state index < -0.39 is 11.1 Å². The van der Waals surface area contributed by atoms with Crippen LogP contribution in [0.4, 0.5) is 10.1 Å². The number of aromatic nitrogens is 1. The number of amides is 1. The first-order valence-corrected chi connectivity index (χ1v) is 15.8. The maximum Gasteiger partial charge on any atom is 0.230 e. The van der Waals surface area contributed by atoms with Crippen molar-refractivity contribution in [3.05, 3.63) is 78.0 Å². The second kappa shape index (κ2) is 10.4. The predicted molar refractivity (Wildman–Crippen MR) is 167 cm³/mol. The number of rotatable bonds is 8. The van der Waals surface area contributed by atoms with Crippen LogP contribution < -0.4 is 9.64 Å². The highest BCUT2D eigenvalue weighted by atomic mass is 19.1. The average molecular weight is 594 g/mol. The van der Waals surface area contributed by atoms with E-state index in [1.54, 1.807) is 13.3 Å². The van der Waals surface area contributed by atoms with Gasteiger partial charge in [-0.05, 0) is 105 Å². The number of nitrogens with zero attached hydrogens (tertiary/aromatic N) is 3. The van der Waals surface area contributed by atoms with Gasteiger partial charge >= 0.3 is 0 Å². The van der Waals surface area contributed by atoms with Gasteiger partial charge in [0.1, 0.15) is 5.67 Å². The fourth-order valence-corrected chi connectivity index (χ4v) is 8.16. The zero-order valence-electron chi connectivity index (χ0n) is 25.8. The van der Waals surface area contributed by atoms with E-state index in [2.05, 4.69) is 41.4 Å². The van der Waals surface area contributed by atoms with Crippen LogP contribution in [0.1, 0.15) is 69.9 Å². The van der Waals surface area contributed by atoms with Crippen molar-refractivity contribution >= 4 is 11.6 Å². The molecule has 2 aromatic carbocycles. The van der Waals surface area contributed by atoms with Crippen molar-refractivity contribution in [2.24, 2.45) is 17.3 Å². The summed E-state index contributed by atoms with van der Waals surface area (Å²) in [5, 5.41) is 9.55. The first-order valence-electron chi connectivity index (χ1n) is 15.8. The minimum absolute atomic E-state index is 0.0453. The van der Waals surface area contributed by atoms with Crippen molar-refractivity contribution in [1.29, 1.82) is 5.26 Å². The van der Waals surface area contributed by atoms with Gasteiger partial charge in [0.15, 0.2) is 0 Å². The smallest absolute Gasteiger partial charge is 0.230 e. The van der Waals surface area contributed by atoms with Crippen molar-refractivity contribution < 1.29 is 18.7 Å². The second-order valence-corrected chi connectivity index (χ2v) is 14.3. The average Bonchev–Trinajstić information content (AvgIpc) is 3.58. The van der Waals surface area contributed by atoms with E-state index in [0.29, 0.717) is 38.3 Å². The summed E-state index contributed by atoms with van der Waals surface area (Å²) in [5.41, 5.74) is 2.74. The molecule has 4 aliphatic carbocycles. The quantitative estimate of drug-likeness (QED) is 0.270. The maximum atomic E-state index is 15.0. The number of benzene rings is 2. The van der Waals surface area contributed by atoms with E-state index in [4.69, 9.17) is 9.47 Å². The Bertz CT molecular complexity index is 1600. The van der Waals surface area contributed by atoms with E-state index in [1.807, 2.05) is 49.1 Å². The molecule has 3 aromatic rings. The number of halogens is 1. The lowest BCUT2D eigenvalue weighted by Gasteiger charge is -2.54. The molecule has 1 aromatic heterocycles. The van der Waals surface area contributed by atoms with Gasteiger partial charge in [-0.1, -0.05) is 36.4 Å². The molecule has 6 aliphatic rings. The van der Waals surface area contributed by atoms with Crippen LogP contribution >= 0.6 is 0 Å². The molecule has 228 valence electrons. The monoisotopic (exact) mass is 593 g/mol. The molecular weight excluding hydrogens is 553 g/mol. The normalized spacial score (nSPS) is 30.3. The topological polar surface area (TPSA) is 75.4 Å². The molecule has 1 atom stereocenters. The predicted octanol–water partition coefficient (Wildman–Crippen LogP) is 7.52. The number of carbonyl (C=O) groups is 1. The van der Waals surface area contributed by atoms with Crippen LogP contribution in [0.25, 0.3) is 11.1 Å². The standard InChI is InChI=1S/C37H40FN3O3/c1-34(2,22-39)28-7-9-29(10-8-28)37-14-12-35(13-15-37,24-44-37)23-41(33(42)31-21-36(38)19-27(31)20-36)30-6-4-5-25(17-30)26-11-16-40-32(18-26)43-3/h4-11,16-18,27,31H,12-15,19-21,23-24H2,1-3H3/t27?,31-,35?,36?,37?/m1/s1. The molecule has 6 nitrogen and oxygen atoms in total. The van der Waals surface area contributed by atoms with Crippen LogP contribution in [0, 0.1) is 28.6 Å². The fourth-order valence-electron chi connectivity index (χ4n) is 8.16. The lowest BCUT2D eigenvalue weighted by molar-refractivity contribution is -0.186. The summed E-state index contributed by atoms with van der Waals surface area (Å²) < 4.78 is 27.1. The Morgan fingerprint density at radius 2 is 1.80 bits per heavy atom. The second-order valence-electron chi connectivity index (χ2n) is 14.3. The number of carbonyl (C=O) groups excluding carboxylic acids is 1. The number of anilines is 1. The van der Waals surface area contributed by atoms with Gasteiger partial charge in [0.05, 0.1) is 30.8 Å². The van der Waals surface area contributed by atoms with Crippen LogP contribution in [0.15, 0.2) is 66.9 Å². The molecule has 9 rings (SSSR count). The Kier molecular flexibility index (Phi) is 6.86. The van der Waals surface area contributed by atoms with E-state index >= 15 is 4.39 Å². The molecule has 1 amide bonds. The number of hydrogen-bond acceptors (Lipinski definition) is 5. The third kappa shape index (κ3) is 4.88. The van der Waals surface area contributed by atoms with Crippen molar-refractivity contribution in [3.8, 4) is 23.1 Å². The highest BCUT2D eigenvalue weighted by Crippen LogP contribution is 2.59. The van der Waals surface area contributed by atoms with Gasteiger partial charge in [-0.15, -0.1) is 0 Å². The van der Waals surface area contributed by atoms with E-state index in [0.717, 1.165) is 53.6 Å². The van der Waals surface area contributed by atoms with Crippen LogP contribution in [-0.4, -0.2) is 36.8 Å². The van der Waals surface area contributed by atoms with Gasteiger partial charge in [0.2, 0.25) is 11.8 Å². The molecule has 0 unspecified atom stereocenters. The molecule has 6 fully saturated rings. The number of ether oxygens (including phenoxy) is 2. The summed E-state index contributed by atoms with van der Waals surface area (Å²) >= 11 is 0. The summed E-state index contributed by atoms with van der Waals surface area (Å²) in [7, 11) is 1.60. The van der Waals surface area contributed by atoms with Crippen molar-refractivity contribution in [1.82, 2.24) is 4.98 Å². The molecule has 2 aliphatic heterocycles. The lowest BCUT2D eigenvalue weighted by Crippen LogP contribution is -2.55. The molecule has 0 spiro atoms. The van der Waals surface area contributed by atoms with Gasteiger partial charge in [-0.2, -0.15) is 5.26 Å². The lowest BCUT2D eigenvalue weighted by atomic mass is 9.63. The van der Waals surface area contributed by atoms with Gasteiger partial charge in [-0.25, -0.2) is 9.37 Å². The van der Waals surface area contributed by atoms with Crippen LogP contribution in [0.3, 0.4) is 0 Å². The fraction of sp³-hybridized carbons (Fsp3) is 0.486. The largest absolute Gasteiger partial charge is 0.481 e. The summed E-state index contributed by atoms with van der Waals surface area (Å²) in [6.45, 7) is 5.00. The Morgan fingerprint density at radius 1 is 1.07 bits per heavy atom. The molecule has 44 heavy (non-hydrogen) atoms. The number of hydrogen-bond donors (Lipinski definition) is 0. The van der Waals surface area contributed by atoms with E-state index in [-0.39, 0.29) is 28.8 Å². The maximum absolute atomic E-state index is 15.0. The first-order chi connectivity index (χ1) is 21.1. The zero-order valence-corrected chi connectivity index (χ0v) is 25.8. The minimum Gasteiger partial charge on any atom is -0.481 e. The first kappa shape index (κ1) is 29.0. The van der Waals surface area contributed by atoms with Crippen LogP contribution in [0.5, 0.6) is 5.88 Å². The summed E-state index contributed by atoms with van der Waals surface area (Å²) in [6, 6.07) is 22.7. The molecule has 2 saturated heterocycles. The van der Waals surface area contributed by atoms with Crippen molar-refractivity contribution in [3.63, 3.8) is 0 Å². The molecular formula is C37H40FN3O3. The zero-order chi connectivity index (χ0) is 30.7. The third-order valence-electron chi connectivity index (χ3n) is 11.1. The number of pyridine rings is 1. The minimum atomic E-state index is -1.17. The van der Waals surface area contributed by atoms with Gasteiger partial charge in [-0.3, -0.25) is 4.79 Å². The van der Waals surface area contributed by atoms with Crippen molar-refractivity contribution in [2.45, 2.75) is 75.5 Å². The molecule has 0 N–H and O–H groups in total. The Balaban J connectivity index is 1.15. The molecule has 4 saturated carbocycles. The van der Waals surface area contributed by atoms with Crippen molar-refractivity contribution in [2.75, 3.05) is 25.2 Å². The third-order valence-corrected chi connectivity index (χ3v) is 11.1. The number of fused-ring (bicyclic) bond motifs is 4. The summed E-state index contributed by atoms with van der Waals surface area (Å²) in [6.07, 6.45) is 6.74. The Morgan fingerprint density at radius 3 is 2.41 bits per heavy atom. The molecule has 0 radical (unpaired) electrons. The summed E-state index contributed by atoms with van der Waals surface area (Å²) in [5.74, 6) is 0.441. The van der Waals surface area contributed by atoms with Gasteiger partial charge < -0.3 is 14.4 Å². The van der Waals surface area contributed by atoms with Crippen LogP contribution in [-0.2, 0) is 20.5 Å². The number of alkyl halides is 1. The van der Waals surface area contributed by atoms with E-state index in [1.165, 1.54) is 0 Å². The summed E-state index contributed by atoms with van der Waals surface area (Å²) in [4.78, 5) is 20.5. The Labute approximate surface area is 259 Å². The number of methoxy groups -OCH3 is 1. The highest BCUT2D eigenvalue weighted by Gasteiger charge is 2.60. The Hall–Kier alpha value is -3.76. The SMILES string of the molecule is COc1cc(-c2cccc(N(CC34CCC(c5ccc(C(C)(C)C#N)cc5)(CC3)OC4)C(=O)[C@@H]3CC4(F)CC3C4)c2)ccn1. The number of nitriles is 1. The van der Waals surface area contributed by atoms with Gasteiger partial charge in [0, 0.05) is 35.8 Å². The molecule has 3 heterocycles. The van der Waals surface area contributed by atoms with Crippen LogP contribution in [0.2, 0.25) is 0 Å². The highest BCUT2D eigenvalue weighted by molar-refractivity contribution is 5.96. The van der Waals surface area contributed by atoms with E-state index in [9.17, 15) is 10.1 Å². The molecule has 7 heteroatoms. The molecule has 4 bridgehead atoms. The van der Waals surface area contributed by atoms with Gasteiger partial charge in [0.25, 0.3) is 0 Å².